The lowest BCUT2D eigenvalue weighted by molar-refractivity contribution is 0.436. The predicted molar refractivity (Wildman–Crippen MR) is 62.7 cm³/mol. The highest BCUT2D eigenvalue weighted by Gasteiger charge is 2.31. The molecule has 0 bridgehead atoms. The van der Waals surface area contributed by atoms with E-state index >= 15 is 0 Å². The first-order valence-corrected chi connectivity index (χ1v) is 6.35. The molecule has 0 saturated heterocycles. The molecule has 0 radical (unpaired) electrons. The minimum Gasteiger partial charge on any atom is -0.309 e. The van der Waals surface area contributed by atoms with Gasteiger partial charge in [-0.15, -0.1) is 10.2 Å². The quantitative estimate of drug-likeness (QED) is 0.879. The van der Waals surface area contributed by atoms with Gasteiger partial charge in [0.25, 0.3) is 0 Å². The van der Waals surface area contributed by atoms with Gasteiger partial charge in [0.15, 0.2) is 5.82 Å². The molecular formula is C10H15N5S. The number of fused-ring (bicyclic) bond motifs is 1. The van der Waals surface area contributed by atoms with E-state index in [1.165, 1.54) is 12.8 Å². The summed E-state index contributed by atoms with van der Waals surface area (Å²) >= 11 is 1.61. The summed E-state index contributed by atoms with van der Waals surface area (Å²) in [5.74, 6) is 1.62. The van der Waals surface area contributed by atoms with Crippen LogP contribution in [-0.4, -0.2) is 26.9 Å². The van der Waals surface area contributed by atoms with Crippen molar-refractivity contribution in [2.45, 2.75) is 38.1 Å². The molecule has 0 aromatic carbocycles. The van der Waals surface area contributed by atoms with E-state index in [2.05, 4.69) is 34.5 Å². The van der Waals surface area contributed by atoms with Crippen LogP contribution in [-0.2, 0) is 5.54 Å². The Balaban J connectivity index is 2.09. The van der Waals surface area contributed by atoms with Crippen LogP contribution in [0.2, 0.25) is 0 Å². The molecule has 1 aliphatic carbocycles. The van der Waals surface area contributed by atoms with Crippen molar-refractivity contribution in [2.75, 3.05) is 7.05 Å². The smallest absolute Gasteiger partial charge is 0.234 e. The average molecular weight is 237 g/mol. The summed E-state index contributed by atoms with van der Waals surface area (Å²) in [5, 5.41) is 17.3. The van der Waals surface area contributed by atoms with Gasteiger partial charge in [0.2, 0.25) is 4.96 Å². The second kappa shape index (κ2) is 3.24. The number of hydrogen-bond donors (Lipinski definition) is 1. The van der Waals surface area contributed by atoms with E-state index in [-0.39, 0.29) is 5.54 Å². The molecule has 2 aromatic rings. The van der Waals surface area contributed by atoms with Crippen molar-refractivity contribution in [1.29, 1.82) is 0 Å². The molecule has 6 heteroatoms. The molecule has 0 aliphatic heterocycles. The van der Waals surface area contributed by atoms with Crippen LogP contribution in [0.5, 0.6) is 0 Å². The van der Waals surface area contributed by atoms with E-state index in [4.69, 9.17) is 0 Å². The predicted octanol–water partition coefficient (Wildman–Crippen LogP) is 1.52. The van der Waals surface area contributed by atoms with Crippen molar-refractivity contribution in [1.82, 2.24) is 25.1 Å². The zero-order valence-corrected chi connectivity index (χ0v) is 10.5. The molecule has 2 aromatic heterocycles. The highest BCUT2D eigenvalue weighted by Crippen LogP contribution is 2.39. The maximum Gasteiger partial charge on any atom is 0.234 e. The van der Waals surface area contributed by atoms with Gasteiger partial charge >= 0.3 is 0 Å². The monoisotopic (exact) mass is 237 g/mol. The Morgan fingerprint density at radius 3 is 2.75 bits per heavy atom. The number of nitrogens with one attached hydrogen (secondary N) is 1. The lowest BCUT2D eigenvalue weighted by atomic mass is 10.1. The van der Waals surface area contributed by atoms with Crippen molar-refractivity contribution >= 4 is 16.3 Å². The third kappa shape index (κ3) is 1.44. The van der Waals surface area contributed by atoms with E-state index in [1.54, 1.807) is 11.3 Å². The highest BCUT2D eigenvalue weighted by molar-refractivity contribution is 7.16. The normalized spacial score (nSPS) is 17.2. The van der Waals surface area contributed by atoms with Gasteiger partial charge in [0.05, 0.1) is 5.54 Å². The van der Waals surface area contributed by atoms with Crippen molar-refractivity contribution < 1.29 is 0 Å². The van der Waals surface area contributed by atoms with Gasteiger partial charge in [0, 0.05) is 5.92 Å². The molecule has 1 fully saturated rings. The second-order valence-corrected chi connectivity index (χ2v) is 5.77. The van der Waals surface area contributed by atoms with Gasteiger partial charge in [-0.1, -0.05) is 11.3 Å². The van der Waals surface area contributed by atoms with E-state index < -0.39 is 0 Å². The minimum absolute atomic E-state index is 0.105. The van der Waals surface area contributed by atoms with Gasteiger partial charge in [-0.25, -0.2) is 0 Å². The Morgan fingerprint density at radius 1 is 1.38 bits per heavy atom. The summed E-state index contributed by atoms with van der Waals surface area (Å²) in [5.41, 5.74) is -0.105. The molecule has 0 spiro atoms. The molecule has 0 unspecified atom stereocenters. The molecule has 3 rings (SSSR count). The average Bonchev–Trinajstić information content (AvgIpc) is 2.88. The number of hydrogen-bond acceptors (Lipinski definition) is 5. The van der Waals surface area contributed by atoms with Gasteiger partial charge in [-0.3, -0.25) is 0 Å². The van der Waals surface area contributed by atoms with Crippen LogP contribution >= 0.6 is 11.3 Å². The van der Waals surface area contributed by atoms with Gasteiger partial charge in [-0.05, 0) is 33.7 Å². The van der Waals surface area contributed by atoms with Crippen LogP contribution in [0, 0.1) is 0 Å². The number of nitrogens with zero attached hydrogens (tertiary/aromatic N) is 4. The first-order chi connectivity index (χ1) is 7.62. The first kappa shape index (κ1) is 10.2. The van der Waals surface area contributed by atoms with Crippen LogP contribution in [0.3, 0.4) is 0 Å². The standard InChI is InChI=1S/C10H15N5S/c1-10(2,11-3)8-14-15-7(6-4-5-6)12-13-9(15)16-8/h6,11H,4-5H2,1-3H3. The lowest BCUT2D eigenvalue weighted by Crippen LogP contribution is -2.33. The third-order valence-electron chi connectivity index (χ3n) is 3.12. The Kier molecular flexibility index (Phi) is 2.06. The van der Waals surface area contributed by atoms with Crippen LogP contribution < -0.4 is 5.32 Å². The maximum atomic E-state index is 4.62. The number of aromatic nitrogens is 4. The summed E-state index contributed by atoms with van der Waals surface area (Å²) in [6, 6.07) is 0. The summed E-state index contributed by atoms with van der Waals surface area (Å²) in [7, 11) is 1.95. The van der Waals surface area contributed by atoms with Crippen LogP contribution in [0.15, 0.2) is 0 Å². The SMILES string of the molecule is CNC(C)(C)c1nn2c(C3CC3)nnc2s1. The van der Waals surface area contributed by atoms with Crippen LogP contribution in [0.25, 0.3) is 4.96 Å². The van der Waals surface area contributed by atoms with Gasteiger partial charge in [0.1, 0.15) is 5.01 Å². The van der Waals surface area contributed by atoms with Crippen LogP contribution in [0.4, 0.5) is 0 Å². The second-order valence-electron chi connectivity index (χ2n) is 4.81. The van der Waals surface area contributed by atoms with Crippen molar-refractivity contribution in [3.05, 3.63) is 10.8 Å². The van der Waals surface area contributed by atoms with Gasteiger partial charge < -0.3 is 5.32 Å². The van der Waals surface area contributed by atoms with E-state index in [9.17, 15) is 0 Å². The summed E-state index contributed by atoms with van der Waals surface area (Å²) in [6.45, 7) is 4.24. The third-order valence-corrected chi connectivity index (χ3v) is 4.34. The largest absolute Gasteiger partial charge is 0.309 e. The van der Waals surface area contributed by atoms with E-state index in [0.29, 0.717) is 5.92 Å². The topological polar surface area (TPSA) is 55.1 Å². The summed E-state index contributed by atoms with van der Waals surface area (Å²) in [6.07, 6.45) is 2.45. The fraction of sp³-hybridized carbons (Fsp3) is 0.700. The molecule has 1 N–H and O–H groups in total. The summed E-state index contributed by atoms with van der Waals surface area (Å²) in [4.78, 5) is 0.903. The maximum absolute atomic E-state index is 4.62. The van der Waals surface area contributed by atoms with Crippen molar-refractivity contribution in [3.8, 4) is 0 Å². The zero-order valence-electron chi connectivity index (χ0n) is 9.69. The lowest BCUT2D eigenvalue weighted by Gasteiger charge is -2.19. The van der Waals surface area contributed by atoms with E-state index in [1.807, 2.05) is 11.6 Å². The van der Waals surface area contributed by atoms with E-state index in [0.717, 1.165) is 15.8 Å². The van der Waals surface area contributed by atoms with Crippen molar-refractivity contribution in [3.63, 3.8) is 0 Å². The molecule has 16 heavy (non-hydrogen) atoms. The molecule has 0 amide bonds. The summed E-state index contributed by atoms with van der Waals surface area (Å²) < 4.78 is 1.91. The molecule has 1 aliphatic rings. The highest BCUT2D eigenvalue weighted by atomic mass is 32.1. The molecule has 1 saturated carbocycles. The zero-order chi connectivity index (χ0) is 11.3. The first-order valence-electron chi connectivity index (χ1n) is 5.53. The Morgan fingerprint density at radius 2 is 2.12 bits per heavy atom. The molecule has 0 atom stereocenters. The molecule has 86 valence electrons. The molecule has 2 heterocycles. The van der Waals surface area contributed by atoms with Crippen molar-refractivity contribution in [2.24, 2.45) is 0 Å². The van der Waals surface area contributed by atoms with Crippen LogP contribution in [0.1, 0.15) is 43.4 Å². The molecular weight excluding hydrogens is 222 g/mol. The van der Waals surface area contributed by atoms with Gasteiger partial charge in [-0.2, -0.15) is 9.61 Å². The number of rotatable bonds is 3. The molecule has 5 nitrogen and oxygen atoms in total. The fourth-order valence-corrected chi connectivity index (χ4v) is 2.54. The Hall–Kier alpha value is -1.01. The minimum atomic E-state index is -0.105. The Labute approximate surface area is 97.9 Å². The fourth-order valence-electron chi connectivity index (χ4n) is 1.59. The Bertz CT molecular complexity index is 522.